The van der Waals surface area contributed by atoms with Crippen LogP contribution in [0.3, 0.4) is 0 Å². The number of hydrogen-bond donors (Lipinski definition) is 1. The van der Waals surface area contributed by atoms with Gasteiger partial charge in [0.25, 0.3) is 5.91 Å². The Labute approximate surface area is 119 Å². The highest BCUT2D eigenvalue weighted by atomic mass is 16.2. The zero-order chi connectivity index (χ0) is 14.1. The summed E-state index contributed by atoms with van der Waals surface area (Å²) in [5.41, 5.74) is 0.862. The lowest BCUT2D eigenvalue weighted by Crippen LogP contribution is -2.61. The maximum absolute atomic E-state index is 12.8. The molecule has 1 heterocycles. The van der Waals surface area contributed by atoms with Gasteiger partial charge in [0.1, 0.15) is 12.1 Å². The summed E-state index contributed by atoms with van der Waals surface area (Å²) in [6.45, 7) is 1.83. The summed E-state index contributed by atoms with van der Waals surface area (Å²) in [5.74, 6) is -0.0134. The number of carbonyl (C=O) groups is 2. The molecule has 1 aliphatic heterocycles. The van der Waals surface area contributed by atoms with E-state index < -0.39 is 6.04 Å². The maximum Gasteiger partial charge on any atom is 0.250 e. The molecule has 1 aromatic carbocycles. The average Bonchev–Trinajstić information content (AvgIpc) is 2.98. The van der Waals surface area contributed by atoms with Crippen LogP contribution in [-0.2, 0) is 9.59 Å². The summed E-state index contributed by atoms with van der Waals surface area (Å²) >= 11 is 0. The average molecular weight is 272 g/mol. The standard InChI is InChI=1S/C16H20N2O2/c1-11-15(19)17-14(12-7-3-2-4-8-12)16(20)18(11)13-9-5-6-10-13/h2-4,7-8,11,13-14H,5-6,9-10H2,1H3,(H,17,19). The molecule has 1 saturated carbocycles. The monoisotopic (exact) mass is 272 g/mol. The number of carbonyl (C=O) groups excluding carboxylic acids is 2. The zero-order valence-electron chi connectivity index (χ0n) is 11.7. The number of piperazine rings is 1. The second kappa shape index (κ2) is 5.27. The third-order valence-corrected chi connectivity index (χ3v) is 4.44. The van der Waals surface area contributed by atoms with Crippen molar-refractivity contribution in [3.63, 3.8) is 0 Å². The van der Waals surface area contributed by atoms with E-state index in [-0.39, 0.29) is 23.9 Å². The summed E-state index contributed by atoms with van der Waals surface area (Å²) in [6.07, 6.45) is 4.34. The third kappa shape index (κ3) is 2.19. The lowest BCUT2D eigenvalue weighted by molar-refractivity contribution is -0.151. The molecule has 2 aliphatic rings. The van der Waals surface area contributed by atoms with Crippen LogP contribution in [0.5, 0.6) is 0 Å². The minimum Gasteiger partial charge on any atom is -0.339 e. The van der Waals surface area contributed by atoms with Crippen LogP contribution in [0, 0.1) is 0 Å². The number of rotatable bonds is 2. The molecule has 1 aromatic rings. The molecule has 1 N–H and O–H groups in total. The highest BCUT2D eigenvalue weighted by molar-refractivity contribution is 5.97. The van der Waals surface area contributed by atoms with Crippen molar-refractivity contribution in [2.75, 3.05) is 0 Å². The Kier molecular flexibility index (Phi) is 3.47. The molecule has 2 unspecified atom stereocenters. The predicted octanol–water partition coefficient (Wildman–Crippen LogP) is 2.02. The first-order valence-electron chi connectivity index (χ1n) is 7.36. The Morgan fingerprint density at radius 3 is 2.40 bits per heavy atom. The van der Waals surface area contributed by atoms with Gasteiger partial charge < -0.3 is 10.2 Å². The van der Waals surface area contributed by atoms with Crippen molar-refractivity contribution in [2.45, 2.75) is 50.7 Å². The van der Waals surface area contributed by atoms with Crippen LogP contribution in [0.1, 0.15) is 44.2 Å². The van der Waals surface area contributed by atoms with Crippen LogP contribution in [0.2, 0.25) is 0 Å². The molecule has 0 aromatic heterocycles. The fourth-order valence-electron chi connectivity index (χ4n) is 3.34. The van der Waals surface area contributed by atoms with Crippen molar-refractivity contribution in [1.82, 2.24) is 10.2 Å². The highest BCUT2D eigenvalue weighted by Gasteiger charge is 2.42. The molecule has 1 saturated heterocycles. The molecule has 0 radical (unpaired) electrons. The topological polar surface area (TPSA) is 49.4 Å². The van der Waals surface area contributed by atoms with E-state index in [2.05, 4.69) is 5.32 Å². The first kappa shape index (κ1) is 13.2. The van der Waals surface area contributed by atoms with Crippen molar-refractivity contribution in [2.24, 2.45) is 0 Å². The second-order valence-electron chi connectivity index (χ2n) is 5.71. The van der Waals surface area contributed by atoms with Crippen LogP contribution in [0.4, 0.5) is 0 Å². The van der Waals surface area contributed by atoms with Gasteiger partial charge in [0.2, 0.25) is 5.91 Å². The molecule has 2 amide bonds. The summed E-state index contributed by atoms with van der Waals surface area (Å²) in [4.78, 5) is 26.8. The minimum absolute atomic E-state index is 0.0372. The third-order valence-electron chi connectivity index (χ3n) is 4.44. The van der Waals surface area contributed by atoms with E-state index in [1.807, 2.05) is 42.2 Å². The molecule has 0 bridgehead atoms. The number of benzene rings is 1. The summed E-state index contributed by atoms with van der Waals surface area (Å²) < 4.78 is 0. The lowest BCUT2D eigenvalue weighted by Gasteiger charge is -2.41. The van der Waals surface area contributed by atoms with Crippen molar-refractivity contribution >= 4 is 11.8 Å². The van der Waals surface area contributed by atoms with Crippen LogP contribution in [-0.4, -0.2) is 28.8 Å². The highest BCUT2D eigenvalue weighted by Crippen LogP contribution is 2.30. The smallest absolute Gasteiger partial charge is 0.250 e. The van der Waals surface area contributed by atoms with E-state index in [4.69, 9.17) is 0 Å². The van der Waals surface area contributed by atoms with Gasteiger partial charge in [0.15, 0.2) is 0 Å². The SMILES string of the molecule is CC1C(=O)NC(c2ccccc2)C(=O)N1C1CCCC1. The quantitative estimate of drug-likeness (QED) is 0.895. The summed E-state index contributed by atoms with van der Waals surface area (Å²) in [5, 5.41) is 2.86. The van der Waals surface area contributed by atoms with Crippen molar-refractivity contribution < 1.29 is 9.59 Å². The first-order valence-corrected chi connectivity index (χ1v) is 7.36. The van der Waals surface area contributed by atoms with Crippen LogP contribution in [0.25, 0.3) is 0 Å². The molecule has 4 nitrogen and oxygen atoms in total. The van der Waals surface area contributed by atoms with E-state index in [9.17, 15) is 9.59 Å². The molecule has 3 rings (SSSR count). The van der Waals surface area contributed by atoms with E-state index >= 15 is 0 Å². The Hall–Kier alpha value is -1.84. The van der Waals surface area contributed by atoms with Crippen LogP contribution in [0.15, 0.2) is 30.3 Å². The number of hydrogen-bond acceptors (Lipinski definition) is 2. The van der Waals surface area contributed by atoms with Gasteiger partial charge >= 0.3 is 0 Å². The zero-order valence-corrected chi connectivity index (χ0v) is 11.7. The van der Waals surface area contributed by atoms with Gasteiger partial charge in [-0.3, -0.25) is 9.59 Å². The second-order valence-corrected chi connectivity index (χ2v) is 5.71. The van der Waals surface area contributed by atoms with E-state index in [1.54, 1.807) is 0 Å². The maximum atomic E-state index is 12.8. The number of nitrogens with zero attached hydrogens (tertiary/aromatic N) is 1. The van der Waals surface area contributed by atoms with Crippen molar-refractivity contribution in [3.8, 4) is 0 Å². The molecule has 4 heteroatoms. The molecular weight excluding hydrogens is 252 g/mol. The fourth-order valence-corrected chi connectivity index (χ4v) is 3.34. The van der Waals surface area contributed by atoms with Crippen LogP contribution < -0.4 is 5.32 Å². The summed E-state index contributed by atoms with van der Waals surface area (Å²) in [6, 6.07) is 8.84. The van der Waals surface area contributed by atoms with Crippen molar-refractivity contribution in [3.05, 3.63) is 35.9 Å². The first-order chi connectivity index (χ1) is 9.68. The number of nitrogens with one attached hydrogen (secondary N) is 1. The van der Waals surface area contributed by atoms with Gasteiger partial charge in [-0.25, -0.2) is 0 Å². The minimum atomic E-state index is -0.527. The van der Waals surface area contributed by atoms with Crippen molar-refractivity contribution in [1.29, 1.82) is 0 Å². The van der Waals surface area contributed by atoms with Gasteiger partial charge in [0.05, 0.1) is 0 Å². The molecular formula is C16H20N2O2. The van der Waals surface area contributed by atoms with E-state index in [0.717, 1.165) is 31.2 Å². The normalized spacial score (nSPS) is 27.8. The van der Waals surface area contributed by atoms with Crippen LogP contribution >= 0.6 is 0 Å². The Morgan fingerprint density at radius 2 is 1.75 bits per heavy atom. The van der Waals surface area contributed by atoms with E-state index in [0.29, 0.717) is 0 Å². The fraction of sp³-hybridized carbons (Fsp3) is 0.500. The summed E-state index contributed by atoms with van der Waals surface area (Å²) in [7, 11) is 0. The van der Waals surface area contributed by atoms with Gasteiger partial charge in [-0.05, 0) is 25.3 Å². The number of amides is 2. The van der Waals surface area contributed by atoms with Gasteiger partial charge in [-0.1, -0.05) is 43.2 Å². The molecule has 2 fully saturated rings. The molecule has 106 valence electrons. The Morgan fingerprint density at radius 1 is 1.10 bits per heavy atom. The van der Waals surface area contributed by atoms with Gasteiger partial charge in [-0.15, -0.1) is 0 Å². The Balaban J connectivity index is 1.90. The molecule has 20 heavy (non-hydrogen) atoms. The predicted molar refractivity (Wildman–Crippen MR) is 75.9 cm³/mol. The Bertz CT molecular complexity index is 508. The van der Waals surface area contributed by atoms with E-state index in [1.165, 1.54) is 0 Å². The molecule has 1 aliphatic carbocycles. The largest absolute Gasteiger partial charge is 0.339 e. The van der Waals surface area contributed by atoms with Gasteiger partial charge in [-0.2, -0.15) is 0 Å². The molecule has 2 atom stereocenters. The van der Waals surface area contributed by atoms with Gasteiger partial charge in [0, 0.05) is 6.04 Å². The molecule has 0 spiro atoms. The lowest BCUT2D eigenvalue weighted by atomic mass is 9.98.